The van der Waals surface area contributed by atoms with Gasteiger partial charge in [-0.3, -0.25) is 4.79 Å². The molecule has 1 N–H and O–H groups in total. The minimum Gasteiger partial charge on any atom is -0.326 e. The van der Waals surface area contributed by atoms with Crippen molar-refractivity contribution in [2.24, 2.45) is 0 Å². The average molecular weight is 292 g/mol. The number of carbonyl (C=O) groups is 1. The number of hydrogen-bond donors (Lipinski definition) is 1. The molecule has 1 aromatic heterocycles. The van der Waals surface area contributed by atoms with E-state index in [1.165, 1.54) is 6.92 Å². The van der Waals surface area contributed by atoms with Gasteiger partial charge in [0.2, 0.25) is 5.91 Å². The summed E-state index contributed by atoms with van der Waals surface area (Å²) in [6.07, 6.45) is 1.88. The summed E-state index contributed by atoms with van der Waals surface area (Å²) in [5, 5.41) is 11.2. The van der Waals surface area contributed by atoms with Crippen LogP contribution in [0.3, 0.4) is 0 Å². The van der Waals surface area contributed by atoms with Crippen LogP contribution in [0, 0.1) is 0 Å². The van der Waals surface area contributed by atoms with Crippen molar-refractivity contribution in [2.75, 3.05) is 5.32 Å². The number of para-hydroxylation sites is 1. The molecule has 0 aliphatic heterocycles. The summed E-state index contributed by atoms with van der Waals surface area (Å²) in [4.78, 5) is 11.3. The van der Waals surface area contributed by atoms with Gasteiger partial charge in [0.25, 0.3) is 0 Å². The van der Waals surface area contributed by atoms with Gasteiger partial charge in [0.15, 0.2) is 0 Å². The smallest absolute Gasteiger partial charge is 0.221 e. The van der Waals surface area contributed by atoms with Crippen LogP contribution in [0.25, 0.3) is 11.3 Å². The molecule has 22 heavy (non-hydrogen) atoms. The first-order valence-electron chi connectivity index (χ1n) is 7.03. The maximum Gasteiger partial charge on any atom is 0.221 e. The lowest BCUT2D eigenvalue weighted by Gasteiger charge is -2.06. The van der Waals surface area contributed by atoms with E-state index in [1.54, 1.807) is 4.68 Å². The summed E-state index contributed by atoms with van der Waals surface area (Å²) < 4.78 is 1.79. The largest absolute Gasteiger partial charge is 0.326 e. The molecule has 0 unspecified atom stereocenters. The van der Waals surface area contributed by atoms with E-state index in [-0.39, 0.29) is 5.91 Å². The van der Waals surface area contributed by atoms with Crippen LogP contribution < -0.4 is 5.32 Å². The summed E-state index contributed by atoms with van der Waals surface area (Å²) >= 11 is 0. The third-order valence-corrected chi connectivity index (χ3v) is 3.24. The second-order valence-electron chi connectivity index (χ2n) is 5.01. The van der Waals surface area contributed by atoms with Gasteiger partial charge >= 0.3 is 0 Å². The van der Waals surface area contributed by atoms with Crippen molar-refractivity contribution >= 4 is 11.6 Å². The van der Waals surface area contributed by atoms with E-state index in [0.29, 0.717) is 6.54 Å². The van der Waals surface area contributed by atoms with Gasteiger partial charge in [-0.1, -0.05) is 53.7 Å². The zero-order valence-corrected chi connectivity index (χ0v) is 12.2. The van der Waals surface area contributed by atoms with Gasteiger partial charge < -0.3 is 5.32 Å². The fraction of sp³-hybridized carbons (Fsp3) is 0.118. The van der Waals surface area contributed by atoms with Gasteiger partial charge in [0, 0.05) is 12.5 Å². The number of anilines is 1. The molecule has 3 aromatic rings. The van der Waals surface area contributed by atoms with Crippen molar-refractivity contribution in [2.45, 2.75) is 13.5 Å². The summed E-state index contributed by atoms with van der Waals surface area (Å²) in [7, 11) is 0. The first-order valence-corrected chi connectivity index (χ1v) is 7.03. The van der Waals surface area contributed by atoms with E-state index in [2.05, 4.69) is 15.6 Å². The number of rotatable bonds is 4. The average Bonchev–Trinajstić information content (AvgIpc) is 2.96. The highest BCUT2D eigenvalue weighted by atomic mass is 16.1. The van der Waals surface area contributed by atoms with Crippen LogP contribution in [0.1, 0.15) is 12.5 Å². The second kappa shape index (κ2) is 6.22. The number of aromatic nitrogens is 3. The standard InChI is InChI=1S/C17H16N4O/c1-13(22)18-16-10-6-5-9-15(16)17-12-21(20-19-17)11-14-7-3-2-4-8-14/h2-10,12H,11H2,1H3,(H,18,22). The Kier molecular flexibility index (Phi) is 3.96. The minimum absolute atomic E-state index is 0.107. The van der Waals surface area contributed by atoms with Gasteiger partial charge in [-0.05, 0) is 11.6 Å². The van der Waals surface area contributed by atoms with E-state index in [4.69, 9.17) is 0 Å². The highest BCUT2D eigenvalue weighted by Gasteiger charge is 2.09. The maximum absolute atomic E-state index is 11.3. The minimum atomic E-state index is -0.107. The molecule has 3 rings (SSSR count). The van der Waals surface area contributed by atoms with Crippen LogP contribution in [0.5, 0.6) is 0 Å². The van der Waals surface area contributed by atoms with Gasteiger partial charge in [0.1, 0.15) is 5.69 Å². The van der Waals surface area contributed by atoms with E-state index in [0.717, 1.165) is 22.5 Å². The van der Waals surface area contributed by atoms with Crippen molar-refractivity contribution < 1.29 is 4.79 Å². The van der Waals surface area contributed by atoms with Crippen molar-refractivity contribution in [3.05, 3.63) is 66.4 Å². The highest BCUT2D eigenvalue weighted by molar-refractivity contribution is 5.93. The zero-order valence-electron chi connectivity index (χ0n) is 12.2. The summed E-state index contributed by atoms with van der Waals surface area (Å²) in [5.74, 6) is -0.107. The van der Waals surface area contributed by atoms with Gasteiger partial charge in [-0.2, -0.15) is 0 Å². The number of benzene rings is 2. The predicted molar refractivity (Wildman–Crippen MR) is 85.3 cm³/mol. The molecule has 0 atom stereocenters. The molecular formula is C17H16N4O. The molecule has 1 heterocycles. The summed E-state index contributed by atoms with van der Waals surface area (Å²) in [6, 6.07) is 17.6. The number of nitrogens with one attached hydrogen (secondary N) is 1. The Bertz CT molecular complexity index is 780. The third kappa shape index (κ3) is 3.20. The second-order valence-corrected chi connectivity index (χ2v) is 5.01. The maximum atomic E-state index is 11.3. The molecule has 1 amide bonds. The van der Waals surface area contributed by atoms with E-state index < -0.39 is 0 Å². The van der Waals surface area contributed by atoms with Gasteiger partial charge in [-0.15, -0.1) is 5.10 Å². The lowest BCUT2D eigenvalue weighted by molar-refractivity contribution is -0.114. The first kappa shape index (κ1) is 14.0. The van der Waals surface area contributed by atoms with Crippen molar-refractivity contribution in [3.8, 4) is 11.3 Å². The van der Waals surface area contributed by atoms with Crippen LogP contribution in [0.2, 0.25) is 0 Å². The lowest BCUT2D eigenvalue weighted by Crippen LogP contribution is -2.06. The normalized spacial score (nSPS) is 10.4. The number of carbonyl (C=O) groups excluding carboxylic acids is 1. The monoisotopic (exact) mass is 292 g/mol. The third-order valence-electron chi connectivity index (χ3n) is 3.24. The number of nitrogens with zero attached hydrogens (tertiary/aromatic N) is 3. The predicted octanol–water partition coefficient (Wildman–Crippen LogP) is 2.95. The van der Waals surface area contributed by atoms with E-state index in [1.807, 2.05) is 60.8 Å². The fourth-order valence-electron chi connectivity index (χ4n) is 2.27. The molecule has 0 aliphatic rings. The summed E-state index contributed by atoms with van der Waals surface area (Å²) in [5.41, 5.74) is 3.49. The zero-order chi connectivity index (χ0) is 15.4. The molecule has 2 aromatic carbocycles. The van der Waals surface area contributed by atoms with Crippen LogP contribution in [0.4, 0.5) is 5.69 Å². The topological polar surface area (TPSA) is 59.8 Å². The number of hydrogen-bond acceptors (Lipinski definition) is 3. The van der Waals surface area contributed by atoms with Crippen LogP contribution in [-0.2, 0) is 11.3 Å². The quantitative estimate of drug-likeness (QED) is 0.804. The van der Waals surface area contributed by atoms with Crippen LogP contribution in [0.15, 0.2) is 60.8 Å². The molecule has 110 valence electrons. The molecule has 0 radical (unpaired) electrons. The Hall–Kier alpha value is -2.95. The molecule has 0 bridgehead atoms. The SMILES string of the molecule is CC(=O)Nc1ccccc1-c1cn(Cc2ccccc2)nn1. The lowest BCUT2D eigenvalue weighted by atomic mass is 10.1. The van der Waals surface area contributed by atoms with Crippen molar-refractivity contribution in [3.63, 3.8) is 0 Å². The molecule has 5 nitrogen and oxygen atoms in total. The Morgan fingerprint density at radius 1 is 1.09 bits per heavy atom. The Balaban J connectivity index is 1.86. The Morgan fingerprint density at radius 2 is 1.82 bits per heavy atom. The van der Waals surface area contributed by atoms with Gasteiger partial charge in [0.05, 0.1) is 18.4 Å². The van der Waals surface area contributed by atoms with E-state index >= 15 is 0 Å². The van der Waals surface area contributed by atoms with E-state index in [9.17, 15) is 4.79 Å². The van der Waals surface area contributed by atoms with Gasteiger partial charge in [-0.25, -0.2) is 4.68 Å². The first-order chi connectivity index (χ1) is 10.7. The molecule has 0 aliphatic carbocycles. The summed E-state index contributed by atoms with van der Waals surface area (Å²) in [6.45, 7) is 2.15. The van der Waals surface area contributed by atoms with Crippen molar-refractivity contribution in [1.82, 2.24) is 15.0 Å². The number of amides is 1. The molecule has 0 saturated carbocycles. The molecule has 5 heteroatoms. The Morgan fingerprint density at radius 3 is 2.59 bits per heavy atom. The molecular weight excluding hydrogens is 276 g/mol. The molecule has 0 saturated heterocycles. The molecule has 0 spiro atoms. The van der Waals surface area contributed by atoms with Crippen LogP contribution in [-0.4, -0.2) is 20.9 Å². The van der Waals surface area contributed by atoms with Crippen LogP contribution >= 0.6 is 0 Å². The Labute approximate surface area is 128 Å². The fourth-order valence-corrected chi connectivity index (χ4v) is 2.27. The van der Waals surface area contributed by atoms with Crippen molar-refractivity contribution in [1.29, 1.82) is 0 Å². The molecule has 0 fully saturated rings. The highest BCUT2D eigenvalue weighted by Crippen LogP contribution is 2.25.